The largest absolute Gasteiger partial charge is 0.297 e. The van der Waals surface area contributed by atoms with E-state index in [1.54, 1.807) is 6.20 Å². The number of nitrogens with one attached hydrogen (secondary N) is 1. The molecule has 0 aliphatic heterocycles. The van der Waals surface area contributed by atoms with Crippen LogP contribution in [0.5, 0.6) is 0 Å². The zero-order chi connectivity index (χ0) is 10.7. The summed E-state index contributed by atoms with van der Waals surface area (Å²) in [5.74, 6) is -0.0585. The van der Waals surface area contributed by atoms with Crippen LogP contribution in [0.25, 0.3) is 0 Å². The van der Waals surface area contributed by atoms with Crippen LogP contribution < -0.4 is 5.32 Å². The topological polar surface area (TPSA) is 42.0 Å². The average Bonchev–Trinajstić information content (AvgIpc) is 2.86. The van der Waals surface area contributed by atoms with E-state index in [0.717, 1.165) is 16.9 Å². The van der Waals surface area contributed by atoms with Crippen molar-refractivity contribution in [3.63, 3.8) is 0 Å². The van der Waals surface area contributed by atoms with E-state index < -0.39 is 0 Å². The Bertz CT molecular complexity index is 448. The van der Waals surface area contributed by atoms with Gasteiger partial charge in [0.15, 0.2) is 5.13 Å². The minimum absolute atomic E-state index is 0.0585. The summed E-state index contributed by atoms with van der Waals surface area (Å²) in [7, 11) is 0. The summed E-state index contributed by atoms with van der Waals surface area (Å²) in [6, 6.07) is 1.99. The van der Waals surface area contributed by atoms with Gasteiger partial charge >= 0.3 is 0 Å². The minimum Gasteiger partial charge on any atom is -0.297 e. The zero-order valence-electron chi connectivity index (χ0n) is 8.19. The fraction of sp³-hybridized carbons (Fsp3) is 0.200. The van der Waals surface area contributed by atoms with Crippen LogP contribution >= 0.6 is 22.7 Å². The molecule has 0 radical (unpaired) electrons. The van der Waals surface area contributed by atoms with Crippen molar-refractivity contribution in [1.29, 1.82) is 0 Å². The van der Waals surface area contributed by atoms with Gasteiger partial charge in [0.2, 0.25) is 0 Å². The predicted octanol–water partition coefficient (Wildman–Crippen LogP) is 3.02. The summed E-state index contributed by atoms with van der Waals surface area (Å²) in [6.45, 7) is 2.04. The smallest absolute Gasteiger partial charge is 0.267 e. The molecule has 2 heterocycles. The Morgan fingerprint density at radius 2 is 2.33 bits per heavy atom. The molecule has 0 saturated heterocycles. The SMILES string of the molecule is CCc1ccsc1C(=O)Nc1nccs1. The molecule has 2 aromatic heterocycles. The maximum absolute atomic E-state index is 11.8. The molecule has 15 heavy (non-hydrogen) atoms. The second-order valence-electron chi connectivity index (χ2n) is 2.92. The first-order valence-electron chi connectivity index (χ1n) is 4.58. The van der Waals surface area contributed by atoms with Crippen LogP contribution in [0.3, 0.4) is 0 Å². The van der Waals surface area contributed by atoms with Crippen molar-refractivity contribution in [1.82, 2.24) is 4.98 Å². The second kappa shape index (κ2) is 4.55. The number of aromatic nitrogens is 1. The molecule has 0 bridgehead atoms. The van der Waals surface area contributed by atoms with Crippen LogP contribution in [0.15, 0.2) is 23.0 Å². The van der Waals surface area contributed by atoms with Crippen molar-refractivity contribution in [2.75, 3.05) is 5.32 Å². The van der Waals surface area contributed by atoms with Crippen molar-refractivity contribution in [3.05, 3.63) is 33.5 Å². The van der Waals surface area contributed by atoms with Gasteiger partial charge in [0.05, 0.1) is 4.88 Å². The first-order chi connectivity index (χ1) is 7.31. The number of carbonyl (C=O) groups excluding carboxylic acids is 1. The number of anilines is 1. The molecular weight excluding hydrogens is 228 g/mol. The highest BCUT2D eigenvalue weighted by atomic mass is 32.1. The van der Waals surface area contributed by atoms with Gasteiger partial charge in [-0.1, -0.05) is 6.92 Å². The van der Waals surface area contributed by atoms with E-state index in [4.69, 9.17) is 0 Å². The van der Waals surface area contributed by atoms with E-state index in [2.05, 4.69) is 10.3 Å². The zero-order valence-corrected chi connectivity index (χ0v) is 9.82. The molecule has 0 aromatic carbocycles. The lowest BCUT2D eigenvalue weighted by Crippen LogP contribution is -2.11. The van der Waals surface area contributed by atoms with Crippen LogP contribution in [-0.4, -0.2) is 10.9 Å². The summed E-state index contributed by atoms with van der Waals surface area (Å²) >= 11 is 2.89. The van der Waals surface area contributed by atoms with Crippen LogP contribution in [0.1, 0.15) is 22.2 Å². The fourth-order valence-corrected chi connectivity index (χ4v) is 2.67. The number of hydrogen-bond donors (Lipinski definition) is 1. The lowest BCUT2D eigenvalue weighted by atomic mass is 10.2. The van der Waals surface area contributed by atoms with E-state index >= 15 is 0 Å². The molecule has 0 atom stereocenters. The minimum atomic E-state index is -0.0585. The third-order valence-electron chi connectivity index (χ3n) is 1.99. The quantitative estimate of drug-likeness (QED) is 0.893. The highest BCUT2D eigenvalue weighted by Crippen LogP contribution is 2.20. The molecule has 1 N–H and O–H groups in total. The number of amides is 1. The van der Waals surface area contributed by atoms with Crippen LogP contribution in [-0.2, 0) is 6.42 Å². The number of nitrogens with zero attached hydrogens (tertiary/aromatic N) is 1. The predicted molar refractivity (Wildman–Crippen MR) is 63.8 cm³/mol. The molecule has 2 aromatic rings. The summed E-state index contributed by atoms with van der Waals surface area (Å²) in [6.07, 6.45) is 2.56. The lowest BCUT2D eigenvalue weighted by Gasteiger charge is -2.00. The van der Waals surface area contributed by atoms with Gasteiger partial charge in [-0.25, -0.2) is 4.98 Å². The molecule has 0 spiro atoms. The molecule has 0 aliphatic rings. The monoisotopic (exact) mass is 238 g/mol. The number of thiazole rings is 1. The first kappa shape index (κ1) is 10.3. The molecule has 0 unspecified atom stereocenters. The average molecular weight is 238 g/mol. The van der Waals surface area contributed by atoms with Crippen molar-refractivity contribution < 1.29 is 4.79 Å². The van der Waals surface area contributed by atoms with Gasteiger partial charge in [0.25, 0.3) is 5.91 Å². The summed E-state index contributed by atoms with van der Waals surface area (Å²) in [4.78, 5) is 16.6. The maximum atomic E-state index is 11.8. The molecule has 2 rings (SSSR count). The molecule has 0 fully saturated rings. The molecule has 1 amide bonds. The third kappa shape index (κ3) is 2.24. The Balaban J connectivity index is 2.15. The van der Waals surface area contributed by atoms with Gasteiger partial charge in [-0.2, -0.15) is 0 Å². The molecule has 5 heteroatoms. The highest BCUT2D eigenvalue weighted by Gasteiger charge is 2.12. The fourth-order valence-electron chi connectivity index (χ4n) is 1.25. The van der Waals surface area contributed by atoms with Gasteiger partial charge in [-0.3, -0.25) is 10.1 Å². The maximum Gasteiger partial charge on any atom is 0.267 e. The Labute approximate surface area is 95.8 Å². The van der Waals surface area contributed by atoms with Gasteiger partial charge < -0.3 is 0 Å². The summed E-state index contributed by atoms with van der Waals surface area (Å²) in [5.41, 5.74) is 1.09. The number of thiophene rings is 1. The van der Waals surface area contributed by atoms with E-state index in [9.17, 15) is 4.79 Å². The van der Waals surface area contributed by atoms with Crippen molar-refractivity contribution >= 4 is 33.7 Å². The van der Waals surface area contributed by atoms with Gasteiger partial charge in [0.1, 0.15) is 0 Å². The van der Waals surface area contributed by atoms with Gasteiger partial charge in [-0.05, 0) is 23.4 Å². The molecule has 78 valence electrons. The summed E-state index contributed by atoms with van der Waals surface area (Å²) in [5, 5.41) is 7.20. The van der Waals surface area contributed by atoms with Crippen molar-refractivity contribution in [3.8, 4) is 0 Å². The van der Waals surface area contributed by atoms with Gasteiger partial charge in [0, 0.05) is 11.6 Å². The first-order valence-corrected chi connectivity index (χ1v) is 6.34. The Kier molecular flexibility index (Phi) is 3.13. The molecule has 3 nitrogen and oxygen atoms in total. The number of carbonyl (C=O) groups is 1. The van der Waals surface area contributed by atoms with E-state index in [0.29, 0.717) is 5.13 Å². The third-order valence-corrected chi connectivity index (χ3v) is 3.63. The van der Waals surface area contributed by atoms with Crippen molar-refractivity contribution in [2.45, 2.75) is 13.3 Å². The number of aryl methyl sites for hydroxylation is 1. The Morgan fingerprint density at radius 1 is 1.47 bits per heavy atom. The van der Waals surface area contributed by atoms with E-state index in [1.807, 2.05) is 23.8 Å². The Hall–Kier alpha value is -1.20. The number of rotatable bonds is 3. The van der Waals surface area contributed by atoms with E-state index in [1.165, 1.54) is 22.7 Å². The van der Waals surface area contributed by atoms with Crippen LogP contribution in [0.4, 0.5) is 5.13 Å². The number of hydrogen-bond acceptors (Lipinski definition) is 4. The van der Waals surface area contributed by atoms with Gasteiger partial charge in [-0.15, -0.1) is 22.7 Å². The Morgan fingerprint density at radius 3 is 3.00 bits per heavy atom. The highest BCUT2D eigenvalue weighted by molar-refractivity contribution is 7.14. The molecule has 0 saturated carbocycles. The van der Waals surface area contributed by atoms with Crippen LogP contribution in [0.2, 0.25) is 0 Å². The molecular formula is C10H10N2OS2. The summed E-state index contributed by atoms with van der Waals surface area (Å²) < 4.78 is 0. The van der Waals surface area contributed by atoms with Crippen LogP contribution in [0, 0.1) is 0 Å². The lowest BCUT2D eigenvalue weighted by molar-refractivity contribution is 0.103. The second-order valence-corrected chi connectivity index (χ2v) is 4.73. The van der Waals surface area contributed by atoms with Crippen molar-refractivity contribution in [2.24, 2.45) is 0 Å². The molecule has 0 aliphatic carbocycles. The van der Waals surface area contributed by atoms with E-state index in [-0.39, 0.29) is 5.91 Å². The normalized spacial score (nSPS) is 10.2. The standard InChI is InChI=1S/C10H10N2OS2/c1-2-7-3-5-14-8(7)9(13)12-10-11-4-6-15-10/h3-6H,2H2,1H3,(H,11,12,13).